The van der Waals surface area contributed by atoms with E-state index in [1.165, 1.54) is 36.3 Å². The number of likely N-dealkylation sites (N-methyl/N-ethyl adjacent to an activating group) is 1. The first kappa shape index (κ1) is 12.0. The quantitative estimate of drug-likeness (QED) is 0.851. The zero-order valence-electron chi connectivity index (χ0n) is 11.4. The molecule has 2 aliphatic rings. The van der Waals surface area contributed by atoms with Gasteiger partial charge in [0.2, 0.25) is 0 Å². The molecule has 1 saturated heterocycles. The number of nitrogens with zero attached hydrogens (tertiary/aromatic N) is 2. The van der Waals surface area contributed by atoms with Gasteiger partial charge in [-0.15, -0.1) is 0 Å². The molecule has 1 aromatic carbocycles. The van der Waals surface area contributed by atoms with Gasteiger partial charge in [-0.3, -0.25) is 4.90 Å². The predicted molar refractivity (Wildman–Crippen MR) is 76.2 cm³/mol. The van der Waals surface area contributed by atoms with Gasteiger partial charge in [-0.2, -0.15) is 0 Å². The third kappa shape index (κ3) is 2.25. The van der Waals surface area contributed by atoms with Crippen molar-refractivity contribution >= 4 is 5.69 Å². The van der Waals surface area contributed by atoms with Gasteiger partial charge in [0.25, 0.3) is 0 Å². The molecular weight excluding hydrogens is 222 g/mol. The smallest absolute Gasteiger partial charge is 0.0399 e. The highest BCUT2D eigenvalue weighted by Crippen LogP contribution is 2.31. The van der Waals surface area contributed by atoms with Gasteiger partial charge in [-0.25, -0.2) is 0 Å². The van der Waals surface area contributed by atoms with Gasteiger partial charge in [0.1, 0.15) is 0 Å². The van der Waals surface area contributed by atoms with E-state index in [4.69, 9.17) is 0 Å². The largest absolute Gasteiger partial charge is 0.371 e. The van der Waals surface area contributed by atoms with Crippen LogP contribution in [0.5, 0.6) is 0 Å². The lowest BCUT2D eigenvalue weighted by Gasteiger charge is -2.27. The molecule has 0 aliphatic carbocycles. The summed E-state index contributed by atoms with van der Waals surface area (Å²) in [5.74, 6) is 0. The third-order valence-corrected chi connectivity index (χ3v) is 4.32. The molecule has 18 heavy (non-hydrogen) atoms. The van der Waals surface area contributed by atoms with Crippen LogP contribution in [0.15, 0.2) is 18.2 Å². The van der Waals surface area contributed by atoms with Crippen molar-refractivity contribution in [2.75, 3.05) is 38.1 Å². The summed E-state index contributed by atoms with van der Waals surface area (Å²) in [5, 5.41) is 3.41. The van der Waals surface area contributed by atoms with Gasteiger partial charge in [0, 0.05) is 51.5 Å². The van der Waals surface area contributed by atoms with Crippen LogP contribution in [0.1, 0.15) is 18.1 Å². The highest BCUT2D eigenvalue weighted by atomic mass is 15.2. The van der Waals surface area contributed by atoms with E-state index in [9.17, 15) is 0 Å². The number of anilines is 1. The van der Waals surface area contributed by atoms with Crippen LogP contribution in [0.2, 0.25) is 0 Å². The second-order valence-electron chi connectivity index (χ2n) is 5.65. The van der Waals surface area contributed by atoms with Crippen LogP contribution in [0.3, 0.4) is 0 Å². The zero-order valence-corrected chi connectivity index (χ0v) is 11.4. The van der Waals surface area contributed by atoms with Crippen molar-refractivity contribution in [1.82, 2.24) is 10.2 Å². The van der Waals surface area contributed by atoms with Crippen LogP contribution in [-0.4, -0.2) is 44.2 Å². The molecule has 0 bridgehead atoms. The first-order valence-corrected chi connectivity index (χ1v) is 7.02. The predicted octanol–water partition coefficient (Wildman–Crippen LogP) is 1.47. The van der Waals surface area contributed by atoms with Gasteiger partial charge in [-0.05, 0) is 30.5 Å². The fourth-order valence-electron chi connectivity index (χ4n) is 3.06. The molecular formula is C15H23N3. The summed E-state index contributed by atoms with van der Waals surface area (Å²) in [6.45, 7) is 8.01. The minimum atomic E-state index is 0.648. The monoisotopic (exact) mass is 245 g/mol. The number of hydrogen-bond donors (Lipinski definition) is 1. The van der Waals surface area contributed by atoms with E-state index in [1.807, 2.05) is 0 Å². The highest BCUT2D eigenvalue weighted by Gasteiger charge is 2.22. The molecule has 2 aliphatic heterocycles. The maximum atomic E-state index is 3.41. The van der Waals surface area contributed by atoms with Crippen LogP contribution in [0.25, 0.3) is 0 Å². The number of hydrogen-bond acceptors (Lipinski definition) is 3. The lowest BCUT2D eigenvalue weighted by Crippen LogP contribution is -2.42. The van der Waals surface area contributed by atoms with Crippen LogP contribution < -0.4 is 10.2 Å². The summed E-state index contributed by atoms with van der Waals surface area (Å²) >= 11 is 0. The number of piperazine rings is 1. The van der Waals surface area contributed by atoms with Crippen molar-refractivity contribution in [2.24, 2.45) is 0 Å². The SMILES string of the molecule is CC1Cc2cc(CN3CCNCC3)ccc2N1C. The summed E-state index contributed by atoms with van der Waals surface area (Å²) in [7, 11) is 2.20. The Bertz CT molecular complexity index is 424. The standard InChI is InChI=1S/C15H23N3/c1-12-9-14-10-13(3-4-15(14)17(12)2)11-18-7-5-16-6-8-18/h3-4,10,12,16H,5-9,11H2,1-2H3. The van der Waals surface area contributed by atoms with Crippen LogP contribution in [0, 0.1) is 0 Å². The van der Waals surface area contributed by atoms with Gasteiger partial charge >= 0.3 is 0 Å². The van der Waals surface area contributed by atoms with Crippen molar-refractivity contribution in [3.8, 4) is 0 Å². The minimum Gasteiger partial charge on any atom is -0.371 e. The molecule has 1 atom stereocenters. The fourth-order valence-corrected chi connectivity index (χ4v) is 3.06. The summed E-state index contributed by atoms with van der Waals surface area (Å²) in [6, 6.07) is 7.66. The van der Waals surface area contributed by atoms with Crippen LogP contribution in [0.4, 0.5) is 5.69 Å². The van der Waals surface area contributed by atoms with E-state index in [1.54, 1.807) is 0 Å². The van der Waals surface area contributed by atoms with E-state index in [0.717, 1.165) is 19.6 Å². The first-order valence-electron chi connectivity index (χ1n) is 7.02. The molecule has 0 saturated carbocycles. The van der Waals surface area contributed by atoms with Crippen molar-refractivity contribution in [1.29, 1.82) is 0 Å². The lowest BCUT2D eigenvalue weighted by molar-refractivity contribution is 0.233. The molecule has 1 N–H and O–H groups in total. The average molecular weight is 245 g/mol. The first-order chi connectivity index (χ1) is 8.74. The number of fused-ring (bicyclic) bond motifs is 1. The molecule has 0 aromatic heterocycles. The van der Waals surface area contributed by atoms with E-state index >= 15 is 0 Å². The summed E-state index contributed by atoms with van der Waals surface area (Å²) in [5.41, 5.74) is 4.42. The minimum absolute atomic E-state index is 0.648. The molecule has 3 rings (SSSR count). The van der Waals surface area contributed by atoms with Gasteiger partial charge in [0.05, 0.1) is 0 Å². The van der Waals surface area contributed by atoms with Crippen molar-refractivity contribution in [2.45, 2.75) is 25.9 Å². The third-order valence-electron chi connectivity index (χ3n) is 4.32. The number of benzene rings is 1. The molecule has 0 amide bonds. The molecule has 1 aromatic rings. The molecule has 1 fully saturated rings. The Hall–Kier alpha value is -1.06. The summed E-state index contributed by atoms with van der Waals surface area (Å²) in [6.07, 6.45) is 1.20. The Kier molecular flexibility index (Phi) is 3.27. The molecule has 1 unspecified atom stereocenters. The van der Waals surface area contributed by atoms with E-state index in [2.05, 4.69) is 47.3 Å². The van der Waals surface area contributed by atoms with Crippen LogP contribution in [-0.2, 0) is 13.0 Å². The number of rotatable bonds is 2. The Morgan fingerprint density at radius 2 is 2.06 bits per heavy atom. The number of nitrogens with one attached hydrogen (secondary N) is 1. The van der Waals surface area contributed by atoms with Crippen LogP contribution >= 0.6 is 0 Å². The Morgan fingerprint density at radius 1 is 1.28 bits per heavy atom. The zero-order chi connectivity index (χ0) is 12.5. The van der Waals surface area contributed by atoms with E-state index in [0.29, 0.717) is 6.04 Å². The maximum absolute atomic E-state index is 3.41. The van der Waals surface area contributed by atoms with Crippen molar-refractivity contribution in [3.63, 3.8) is 0 Å². The second-order valence-corrected chi connectivity index (χ2v) is 5.65. The molecule has 98 valence electrons. The highest BCUT2D eigenvalue weighted by molar-refractivity contribution is 5.59. The Labute approximate surface area is 110 Å². The molecule has 3 heteroatoms. The van der Waals surface area contributed by atoms with Gasteiger partial charge in [-0.1, -0.05) is 12.1 Å². The van der Waals surface area contributed by atoms with Gasteiger partial charge in [0.15, 0.2) is 0 Å². The second kappa shape index (κ2) is 4.90. The molecule has 3 nitrogen and oxygen atoms in total. The Morgan fingerprint density at radius 3 is 2.83 bits per heavy atom. The van der Waals surface area contributed by atoms with E-state index < -0.39 is 0 Å². The summed E-state index contributed by atoms with van der Waals surface area (Å²) in [4.78, 5) is 4.93. The van der Waals surface area contributed by atoms with Crippen molar-refractivity contribution in [3.05, 3.63) is 29.3 Å². The topological polar surface area (TPSA) is 18.5 Å². The normalized spacial score (nSPS) is 24.3. The molecule has 2 heterocycles. The summed E-state index contributed by atoms with van der Waals surface area (Å²) < 4.78 is 0. The lowest BCUT2D eigenvalue weighted by atomic mass is 10.1. The maximum Gasteiger partial charge on any atom is 0.0399 e. The van der Waals surface area contributed by atoms with E-state index in [-0.39, 0.29) is 0 Å². The van der Waals surface area contributed by atoms with Crippen molar-refractivity contribution < 1.29 is 0 Å². The van der Waals surface area contributed by atoms with Gasteiger partial charge < -0.3 is 10.2 Å². The molecule has 0 spiro atoms. The average Bonchev–Trinajstić information content (AvgIpc) is 2.66. The Balaban J connectivity index is 1.73. The fraction of sp³-hybridized carbons (Fsp3) is 0.600. The molecule has 0 radical (unpaired) electrons.